The third-order valence-electron chi connectivity index (χ3n) is 1.75. The highest BCUT2D eigenvalue weighted by Gasteiger charge is 2.09. The molecule has 2 rings (SSSR count). The van der Waals surface area contributed by atoms with Gasteiger partial charge in [0, 0.05) is 5.56 Å². The molecular formula is C8H5F2NOS. The monoisotopic (exact) mass is 201 g/mol. The van der Waals surface area contributed by atoms with E-state index in [1.54, 1.807) is 0 Å². The number of benzene rings is 1. The molecule has 1 aromatic carbocycles. The number of aromatic nitrogens is 1. The second kappa shape index (κ2) is 2.92. The summed E-state index contributed by atoms with van der Waals surface area (Å²) >= 11 is 1.15. The van der Waals surface area contributed by atoms with Crippen molar-refractivity contribution in [1.29, 1.82) is 0 Å². The summed E-state index contributed by atoms with van der Waals surface area (Å²) in [7, 11) is 0. The predicted octanol–water partition coefficient (Wildman–Crippen LogP) is 2.53. The lowest BCUT2D eigenvalue weighted by Crippen LogP contribution is -1.96. The van der Waals surface area contributed by atoms with Gasteiger partial charge in [0.2, 0.25) is 0 Å². The summed E-state index contributed by atoms with van der Waals surface area (Å²) in [5.41, 5.74) is -0.418. The van der Waals surface area contributed by atoms with Gasteiger partial charge in [0.25, 0.3) is 12.0 Å². The van der Waals surface area contributed by atoms with Crippen molar-refractivity contribution in [2.75, 3.05) is 0 Å². The van der Waals surface area contributed by atoms with Crippen LogP contribution in [0, 0.1) is 0 Å². The normalized spacial score (nSPS) is 11.3. The molecule has 0 aliphatic heterocycles. The maximum Gasteiger partial charge on any atom is 0.265 e. The van der Waals surface area contributed by atoms with Crippen molar-refractivity contribution in [3.05, 3.63) is 34.1 Å². The van der Waals surface area contributed by atoms with Gasteiger partial charge in [-0.25, -0.2) is 8.78 Å². The maximum atomic E-state index is 12.2. The molecule has 0 aliphatic carbocycles. The highest BCUT2D eigenvalue weighted by molar-refractivity contribution is 7.13. The Morgan fingerprint density at radius 3 is 2.85 bits per heavy atom. The summed E-state index contributed by atoms with van der Waals surface area (Å²) < 4.78 is 27.6. The number of halogens is 2. The third-order valence-corrected chi connectivity index (χ3v) is 2.62. The lowest BCUT2D eigenvalue weighted by Gasteiger charge is -1.96. The molecule has 0 atom stereocenters. The zero-order valence-electron chi connectivity index (χ0n) is 6.38. The number of hydrogen-bond donors (Lipinski definition) is 1. The molecule has 0 saturated carbocycles. The molecule has 0 radical (unpaired) electrons. The van der Waals surface area contributed by atoms with Gasteiger partial charge in [-0.2, -0.15) is 0 Å². The molecule has 0 unspecified atom stereocenters. The number of nitrogens with one attached hydrogen (secondary N) is 1. The van der Waals surface area contributed by atoms with Gasteiger partial charge in [-0.05, 0) is 12.1 Å². The van der Waals surface area contributed by atoms with Gasteiger partial charge < -0.3 is 0 Å². The summed E-state index contributed by atoms with van der Waals surface area (Å²) in [4.78, 5) is 11.1. The molecule has 68 valence electrons. The first kappa shape index (κ1) is 8.37. The molecule has 0 bridgehead atoms. The van der Waals surface area contributed by atoms with Crippen molar-refractivity contribution in [3.8, 4) is 0 Å². The van der Waals surface area contributed by atoms with Gasteiger partial charge in [-0.3, -0.25) is 9.17 Å². The first-order valence-corrected chi connectivity index (χ1v) is 4.39. The molecule has 1 aromatic heterocycles. The molecule has 0 aliphatic rings. The van der Waals surface area contributed by atoms with Crippen molar-refractivity contribution < 1.29 is 8.78 Å². The number of fused-ring (bicyclic) bond motifs is 1. The molecule has 1 N–H and O–H groups in total. The summed E-state index contributed by atoms with van der Waals surface area (Å²) in [5.74, 6) is 0. The number of aromatic amines is 1. The van der Waals surface area contributed by atoms with E-state index in [4.69, 9.17) is 0 Å². The maximum absolute atomic E-state index is 12.2. The second-order valence-corrected chi connectivity index (χ2v) is 3.44. The Hall–Kier alpha value is -1.23. The lowest BCUT2D eigenvalue weighted by molar-refractivity contribution is 0.151. The molecule has 2 aromatic rings. The van der Waals surface area contributed by atoms with E-state index in [2.05, 4.69) is 4.37 Å². The Bertz CT molecular complexity index is 488. The summed E-state index contributed by atoms with van der Waals surface area (Å²) in [5, 5.41) is 0.336. The number of alkyl halides is 2. The van der Waals surface area contributed by atoms with Crippen LogP contribution in [0.15, 0.2) is 23.0 Å². The van der Waals surface area contributed by atoms with E-state index >= 15 is 0 Å². The van der Waals surface area contributed by atoms with Crippen molar-refractivity contribution in [1.82, 2.24) is 4.37 Å². The van der Waals surface area contributed by atoms with Crippen LogP contribution in [0.4, 0.5) is 8.78 Å². The summed E-state index contributed by atoms with van der Waals surface area (Å²) in [6.45, 7) is 0. The molecule has 0 saturated heterocycles. The van der Waals surface area contributed by atoms with Crippen molar-refractivity contribution in [2.24, 2.45) is 0 Å². The van der Waals surface area contributed by atoms with Gasteiger partial charge in [0.15, 0.2) is 0 Å². The quantitative estimate of drug-likeness (QED) is 0.755. The van der Waals surface area contributed by atoms with Crippen LogP contribution < -0.4 is 5.56 Å². The van der Waals surface area contributed by atoms with Gasteiger partial charge in [0.05, 0.1) is 10.1 Å². The minimum absolute atomic E-state index is 0.114. The van der Waals surface area contributed by atoms with Crippen LogP contribution in [0.2, 0.25) is 0 Å². The number of hydrogen-bond acceptors (Lipinski definition) is 2. The highest BCUT2D eigenvalue weighted by Crippen LogP contribution is 2.23. The Kier molecular flexibility index (Phi) is 1.88. The van der Waals surface area contributed by atoms with Crippen LogP contribution in [-0.4, -0.2) is 4.37 Å². The van der Waals surface area contributed by atoms with E-state index in [-0.39, 0.29) is 11.1 Å². The van der Waals surface area contributed by atoms with E-state index in [9.17, 15) is 13.6 Å². The van der Waals surface area contributed by atoms with Gasteiger partial charge in [0.1, 0.15) is 0 Å². The topological polar surface area (TPSA) is 32.9 Å². The number of rotatable bonds is 1. The molecule has 1 heterocycles. The average molecular weight is 201 g/mol. The van der Waals surface area contributed by atoms with Crippen LogP contribution in [0.3, 0.4) is 0 Å². The molecular weight excluding hydrogens is 196 g/mol. The molecule has 5 heteroatoms. The van der Waals surface area contributed by atoms with Crippen molar-refractivity contribution in [3.63, 3.8) is 0 Å². The van der Waals surface area contributed by atoms with Crippen molar-refractivity contribution >= 4 is 21.6 Å². The van der Waals surface area contributed by atoms with Gasteiger partial charge in [-0.15, -0.1) is 0 Å². The first-order valence-electron chi connectivity index (χ1n) is 3.58. The summed E-state index contributed by atoms with van der Waals surface area (Å²) in [6, 6.07) is 4.09. The van der Waals surface area contributed by atoms with Crippen LogP contribution in [0.5, 0.6) is 0 Å². The summed E-state index contributed by atoms with van der Waals surface area (Å²) in [6.07, 6.45) is -2.52. The van der Waals surface area contributed by atoms with Crippen molar-refractivity contribution in [2.45, 2.75) is 6.43 Å². The van der Waals surface area contributed by atoms with Gasteiger partial charge in [-0.1, -0.05) is 17.6 Å². The lowest BCUT2D eigenvalue weighted by atomic mass is 10.2. The molecule has 13 heavy (non-hydrogen) atoms. The largest absolute Gasteiger partial charge is 0.277 e. The van der Waals surface area contributed by atoms with Crippen LogP contribution >= 0.6 is 11.5 Å². The fourth-order valence-corrected chi connectivity index (χ4v) is 1.82. The predicted molar refractivity (Wildman–Crippen MR) is 47.4 cm³/mol. The van der Waals surface area contributed by atoms with E-state index in [1.165, 1.54) is 18.2 Å². The van der Waals surface area contributed by atoms with Crippen LogP contribution in [-0.2, 0) is 0 Å². The molecule has 0 amide bonds. The Morgan fingerprint density at radius 1 is 1.38 bits per heavy atom. The zero-order valence-corrected chi connectivity index (χ0v) is 7.20. The van der Waals surface area contributed by atoms with E-state index in [0.29, 0.717) is 10.1 Å². The fourth-order valence-electron chi connectivity index (χ4n) is 1.11. The molecule has 0 spiro atoms. The Labute approximate surface area is 76.0 Å². The minimum atomic E-state index is -2.52. The third kappa shape index (κ3) is 1.35. The minimum Gasteiger partial charge on any atom is -0.277 e. The SMILES string of the molecule is O=c1[nH]sc2ccc(C(F)F)cc12. The van der Waals surface area contributed by atoms with E-state index in [1.807, 2.05) is 0 Å². The first-order chi connectivity index (χ1) is 6.18. The highest BCUT2D eigenvalue weighted by atomic mass is 32.1. The second-order valence-electron chi connectivity index (χ2n) is 2.59. The van der Waals surface area contributed by atoms with E-state index < -0.39 is 6.43 Å². The Morgan fingerprint density at radius 2 is 2.15 bits per heavy atom. The fraction of sp³-hybridized carbons (Fsp3) is 0.125. The average Bonchev–Trinajstić information content (AvgIpc) is 2.47. The van der Waals surface area contributed by atoms with Gasteiger partial charge >= 0.3 is 0 Å². The molecule has 0 fully saturated rings. The molecule has 2 nitrogen and oxygen atoms in total. The van der Waals surface area contributed by atoms with Crippen LogP contribution in [0.1, 0.15) is 12.0 Å². The standard InChI is InChI=1S/C8H5F2NOS/c9-7(10)4-1-2-6-5(3-4)8(12)11-13-6/h1-3,7H,(H,11,12). The van der Waals surface area contributed by atoms with Crippen LogP contribution in [0.25, 0.3) is 10.1 Å². The number of H-pyrrole nitrogens is 1. The smallest absolute Gasteiger partial charge is 0.265 e. The zero-order chi connectivity index (χ0) is 9.42. The Balaban J connectivity index is 2.73. The van der Waals surface area contributed by atoms with E-state index in [0.717, 1.165) is 11.5 Å².